The van der Waals surface area contributed by atoms with Gasteiger partial charge in [-0.05, 0) is 33.6 Å². The highest BCUT2D eigenvalue weighted by Crippen LogP contribution is 2.08. The predicted molar refractivity (Wildman–Crippen MR) is 65.4 cm³/mol. The van der Waals surface area contributed by atoms with Crippen LogP contribution >= 0.6 is 12.6 Å². The summed E-state index contributed by atoms with van der Waals surface area (Å²) in [5.74, 6) is 0. The van der Waals surface area contributed by atoms with Crippen LogP contribution in [0.4, 0.5) is 0 Å². The first-order valence-corrected chi connectivity index (χ1v) is 6.95. The Kier molecular flexibility index (Phi) is 6.17. The Bertz CT molecular complexity index is 270. The minimum Gasteiger partial charge on any atom is -0.258 e. The average Bonchev–Trinajstić information content (AvgIpc) is 1.98. The molecule has 92 valence electrons. The van der Waals surface area contributed by atoms with Gasteiger partial charge in [0.2, 0.25) is 0 Å². The van der Waals surface area contributed by atoms with Crippen molar-refractivity contribution in [2.24, 2.45) is 0 Å². The summed E-state index contributed by atoms with van der Waals surface area (Å²) in [5, 5.41) is 0.190. The molecule has 6 heteroatoms. The molecule has 0 aromatic carbocycles. The third-order valence-corrected chi connectivity index (χ3v) is 3.55. The van der Waals surface area contributed by atoms with Gasteiger partial charge in [-0.15, -0.1) is 0 Å². The zero-order valence-electron chi connectivity index (χ0n) is 9.78. The van der Waals surface area contributed by atoms with Crippen LogP contribution in [0, 0.1) is 0 Å². The van der Waals surface area contributed by atoms with E-state index in [-0.39, 0.29) is 11.9 Å². The van der Waals surface area contributed by atoms with Gasteiger partial charge < -0.3 is 0 Å². The fourth-order valence-electron chi connectivity index (χ4n) is 0.902. The molecule has 0 saturated heterocycles. The van der Waals surface area contributed by atoms with Crippen molar-refractivity contribution in [1.82, 2.24) is 4.72 Å². The number of rotatable bonds is 6. The lowest BCUT2D eigenvalue weighted by Crippen LogP contribution is -2.41. The highest BCUT2D eigenvalue weighted by atomic mass is 32.2. The van der Waals surface area contributed by atoms with Gasteiger partial charge in [0.05, 0.1) is 6.61 Å². The Morgan fingerprint density at radius 1 is 1.40 bits per heavy atom. The van der Waals surface area contributed by atoms with E-state index in [0.717, 1.165) is 6.42 Å². The number of thiol groups is 1. The van der Waals surface area contributed by atoms with E-state index < -0.39 is 15.8 Å². The molecule has 0 heterocycles. The molecule has 0 aliphatic carbocycles. The second kappa shape index (κ2) is 6.08. The van der Waals surface area contributed by atoms with Gasteiger partial charge in [-0.3, -0.25) is 4.18 Å². The average molecular weight is 255 g/mol. The van der Waals surface area contributed by atoms with Crippen LogP contribution in [0.1, 0.15) is 40.5 Å². The lowest BCUT2D eigenvalue weighted by Gasteiger charge is -2.19. The van der Waals surface area contributed by atoms with Gasteiger partial charge in [0.1, 0.15) is 0 Å². The second-order valence-corrected chi connectivity index (χ2v) is 6.56. The number of nitrogens with one attached hydrogen (secondary N) is 1. The summed E-state index contributed by atoms with van der Waals surface area (Å²) in [5.41, 5.74) is -0.510. The molecule has 4 nitrogen and oxygen atoms in total. The monoisotopic (exact) mass is 255 g/mol. The molecule has 0 aromatic heterocycles. The van der Waals surface area contributed by atoms with Gasteiger partial charge in [-0.25, -0.2) is 0 Å². The fourth-order valence-corrected chi connectivity index (χ4v) is 2.13. The SMILES string of the molecule is CCC(S)CCOS(=O)(=O)NC(C)(C)C. The van der Waals surface area contributed by atoms with E-state index in [2.05, 4.69) is 17.4 Å². The Labute approximate surface area is 98.4 Å². The van der Waals surface area contributed by atoms with Crippen LogP contribution in [0.3, 0.4) is 0 Å². The van der Waals surface area contributed by atoms with E-state index >= 15 is 0 Å². The van der Waals surface area contributed by atoms with Gasteiger partial charge in [0.25, 0.3) is 0 Å². The summed E-state index contributed by atoms with van der Waals surface area (Å²) in [6, 6.07) is 0. The summed E-state index contributed by atoms with van der Waals surface area (Å²) < 4.78 is 29.9. The maximum Gasteiger partial charge on any atom is 0.336 e. The zero-order chi connectivity index (χ0) is 12.1. The maximum atomic E-state index is 11.4. The largest absolute Gasteiger partial charge is 0.336 e. The molecule has 0 aliphatic heterocycles. The summed E-state index contributed by atoms with van der Waals surface area (Å²) in [6.45, 7) is 7.47. The summed E-state index contributed by atoms with van der Waals surface area (Å²) in [6.07, 6.45) is 1.53. The first-order valence-electron chi connectivity index (χ1n) is 5.02. The van der Waals surface area contributed by atoms with Crippen molar-refractivity contribution in [3.8, 4) is 0 Å². The first-order chi connectivity index (χ1) is 6.66. The van der Waals surface area contributed by atoms with Crippen molar-refractivity contribution in [2.45, 2.75) is 51.3 Å². The Morgan fingerprint density at radius 2 is 1.93 bits per heavy atom. The Morgan fingerprint density at radius 3 is 2.33 bits per heavy atom. The minimum atomic E-state index is -3.63. The van der Waals surface area contributed by atoms with E-state index in [1.165, 1.54) is 0 Å². The first kappa shape index (κ1) is 15.2. The van der Waals surface area contributed by atoms with Crippen LogP contribution in [0.15, 0.2) is 0 Å². The summed E-state index contributed by atoms with van der Waals surface area (Å²) in [4.78, 5) is 0. The van der Waals surface area contributed by atoms with E-state index in [1.807, 2.05) is 6.92 Å². The molecule has 1 unspecified atom stereocenters. The molecule has 0 saturated carbocycles. The number of hydrogen-bond donors (Lipinski definition) is 2. The molecule has 0 amide bonds. The lowest BCUT2D eigenvalue weighted by atomic mass is 10.1. The number of hydrogen-bond acceptors (Lipinski definition) is 4. The topological polar surface area (TPSA) is 55.4 Å². The molecule has 0 radical (unpaired) electrons. The standard InChI is InChI=1S/C9H21NO3S2/c1-5-8(14)6-7-13-15(11,12)10-9(2,3)4/h8,10,14H,5-7H2,1-4H3. The molecular formula is C9H21NO3S2. The van der Waals surface area contributed by atoms with E-state index in [4.69, 9.17) is 4.18 Å². The van der Waals surface area contributed by atoms with Crippen LogP contribution in [0.25, 0.3) is 0 Å². The van der Waals surface area contributed by atoms with Gasteiger partial charge in [0.15, 0.2) is 0 Å². The normalized spacial score (nSPS) is 15.3. The summed E-state index contributed by atoms with van der Waals surface area (Å²) >= 11 is 4.25. The van der Waals surface area contributed by atoms with E-state index in [1.54, 1.807) is 20.8 Å². The van der Waals surface area contributed by atoms with Gasteiger partial charge in [-0.1, -0.05) is 6.92 Å². The van der Waals surface area contributed by atoms with Gasteiger partial charge in [0, 0.05) is 10.8 Å². The van der Waals surface area contributed by atoms with Crippen LogP contribution in [-0.4, -0.2) is 25.8 Å². The molecule has 0 spiro atoms. The van der Waals surface area contributed by atoms with Gasteiger partial charge >= 0.3 is 10.3 Å². The molecule has 1 N–H and O–H groups in total. The second-order valence-electron chi connectivity index (χ2n) is 4.48. The quantitative estimate of drug-likeness (QED) is 0.711. The smallest absolute Gasteiger partial charge is 0.258 e. The Hall–Kier alpha value is 0.220. The van der Waals surface area contributed by atoms with Crippen molar-refractivity contribution in [1.29, 1.82) is 0 Å². The third kappa shape index (κ3) is 9.17. The molecular weight excluding hydrogens is 234 g/mol. The molecule has 0 rings (SSSR count). The molecule has 0 fully saturated rings. The fraction of sp³-hybridized carbons (Fsp3) is 1.00. The highest BCUT2D eigenvalue weighted by Gasteiger charge is 2.20. The van der Waals surface area contributed by atoms with Crippen LogP contribution in [-0.2, 0) is 14.5 Å². The van der Waals surface area contributed by atoms with Crippen molar-refractivity contribution < 1.29 is 12.6 Å². The third-order valence-electron chi connectivity index (χ3n) is 1.59. The predicted octanol–water partition coefficient (Wildman–Crippen LogP) is 1.73. The van der Waals surface area contributed by atoms with Crippen molar-refractivity contribution >= 4 is 22.9 Å². The zero-order valence-corrected chi connectivity index (χ0v) is 11.5. The molecule has 0 aliphatic rings. The summed E-state index contributed by atoms with van der Waals surface area (Å²) in [7, 11) is -3.63. The van der Waals surface area contributed by atoms with Crippen LogP contribution in [0.2, 0.25) is 0 Å². The molecule has 1 atom stereocenters. The molecule has 0 bridgehead atoms. The van der Waals surface area contributed by atoms with Crippen molar-refractivity contribution in [3.63, 3.8) is 0 Å². The minimum absolute atomic E-state index is 0.174. The van der Waals surface area contributed by atoms with Gasteiger partial charge in [-0.2, -0.15) is 25.8 Å². The van der Waals surface area contributed by atoms with E-state index in [0.29, 0.717) is 6.42 Å². The maximum absolute atomic E-state index is 11.4. The lowest BCUT2D eigenvalue weighted by molar-refractivity contribution is 0.294. The van der Waals surface area contributed by atoms with E-state index in [9.17, 15) is 8.42 Å². The molecule has 0 aromatic rings. The molecule has 15 heavy (non-hydrogen) atoms. The van der Waals surface area contributed by atoms with Crippen molar-refractivity contribution in [2.75, 3.05) is 6.61 Å². The Balaban J connectivity index is 3.96. The van der Waals surface area contributed by atoms with Crippen LogP contribution < -0.4 is 4.72 Å². The van der Waals surface area contributed by atoms with Crippen LogP contribution in [0.5, 0.6) is 0 Å². The van der Waals surface area contributed by atoms with Crippen molar-refractivity contribution in [3.05, 3.63) is 0 Å². The highest BCUT2D eigenvalue weighted by molar-refractivity contribution is 7.84.